The molecule has 1 aliphatic heterocycles. The van der Waals surface area contributed by atoms with Gasteiger partial charge in [-0.3, -0.25) is 28.4 Å². The maximum absolute atomic E-state index is 12.4. The zero-order chi connectivity index (χ0) is 21.4. The molecule has 1 saturated heterocycles. The van der Waals surface area contributed by atoms with E-state index in [2.05, 4.69) is 15.5 Å². The number of hydrazone groups is 1. The van der Waals surface area contributed by atoms with E-state index in [1.54, 1.807) is 24.3 Å². The number of benzene rings is 1. The van der Waals surface area contributed by atoms with Crippen molar-refractivity contribution >= 4 is 45.6 Å². The van der Waals surface area contributed by atoms with Gasteiger partial charge in [-0.2, -0.15) is 0 Å². The zero-order valence-electron chi connectivity index (χ0n) is 16.1. The third-order valence-corrected chi connectivity index (χ3v) is 5.51. The number of imidazole rings is 1. The van der Waals surface area contributed by atoms with E-state index < -0.39 is 17.2 Å². The number of nitrogens with one attached hydrogen (secondary N) is 1. The van der Waals surface area contributed by atoms with E-state index in [-0.39, 0.29) is 29.4 Å². The molecule has 0 atom stereocenters. The van der Waals surface area contributed by atoms with Gasteiger partial charge in [0.05, 0.1) is 17.8 Å². The van der Waals surface area contributed by atoms with Crippen LogP contribution in [0.25, 0.3) is 11.2 Å². The second kappa shape index (κ2) is 7.63. The van der Waals surface area contributed by atoms with E-state index in [4.69, 9.17) is 0 Å². The van der Waals surface area contributed by atoms with Crippen LogP contribution in [0.1, 0.15) is 0 Å². The average molecular weight is 427 g/mol. The molecule has 0 bridgehead atoms. The fourth-order valence-corrected chi connectivity index (χ4v) is 3.92. The van der Waals surface area contributed by atoms with Crippen molar-refractivity contribution < 1.29 is 9.59 Å². The molecule has 0 radical (unpaired) electrons. The van der Waals surface area contributed by atoms with Gasteiger partial charge in [-0.25, -0.2) is 15.2 Å². The van der Waals surface area contributed by atoms with Crippen LogP contribution in [-0.2, 0) is 30.2 Å². The summed E-state index contributed by atoms with van der Waals surface area (Å²) in [6.07, 6.45) is 1.32. The number of amidine groups is 1. The van der Waals surface area contributed by atoms with Crippen LogP contribution in [-0.4, -0.2) is 41.4 Å². The van der Waals surface area contributed by atoms with Gasteiger partial charge >= 0.3 is 5.69 Å². The van der Waals surface area contributed by atoms with E-state index >= 15 is 0 Å². The highest BCUT2D eigenvalue weighted by molar-refractivity contribution is 8.15. The van der Waals surface area contributed by atoms with E-state index in [0.717, 1.165) is 4.57 Å². The SMILES string of the molecule is Cn1c(=O)c2c(ncn2CC(=O)N/N=C2\SCC(=O)N2c2ccccc2)n(C)c1=O. The number of hydrogen-bond donors (Lipinski definition) is 1. The molecular formula is C18H17N7O4S. The molecule has 30 heavy (non-hydrogen) atoms. The zero-order valence-corrected chi connectivity index (χ0v) is 16.9. The fraction of sp³-hybridized carbons (Fsp3) is 0.222. The molecule has 0 unspecified atom stereocenters. The highest BCUT2D eigenvalue weighted by Gasteiger charge is 2.30. The summed E-state index contributed by atoms with van der Waals surface area (Å²) in [6, 6.07) is 9.00. The summed E-state index contributed by atoms with van der Waals surface area (Å²) >= 11 is 1.22. The van der Waals surface area contributed by atoms with Gasteiger partial charge in [0.2, 0.25) is 5.91 Å². The number of thioether (sulfide) groups is 1. The molecule has 0 aliphatic carbocycles. The van der Waals surface area contributed by atoms with E-state index in [0.29, 0.717) is 10.9 Å². The van der Waals surface area contributed by atoms with Crippen molar-refractivity contribution in [1.29, 1.82) is 0 Å². The Morgan fingerprint density at radius 3 is 2.63 bits per heavy atom. The van der Waals surface area contributed by atoms with Crippen LogP contribution in [0.5, 0.6) is 0 Å². The van der Waals surface area contributed by atoms with Crippen molar-refractivity contribution in [2.24, 2.45) is 19.2 Å². The lowest BCUT2D eigenvalue weighted by Gasteiger charge is -2.15. The first-order chi connectivity index (χ1) is 14.4. The number of carbonyl (C=O) groups is 2. The molecule has 1 fully saturated rings. The molecule has 1 aromatic carbocycles. The minimum Gasteiger partial charge on any atom is -0.315 e. The first-order valence-electron chi connectivity index (χ1n) is 8.86. The van der Waals surface area contributed by atoms with Crippen LogP contribution in [0.4, 0.5) is 5.69 Å². The van der Waals surface area contributed by atoms with E-state index in [1.165, 1.54) is 46.2 Å². The Balaban J connectivity index is 1.57. The molecule has 2 amide bonds. The first kappa shape index (κ1) is 19.6. The molecule has 12 heteroatoms. The molecule has 3 aromatic rings. The number of anilines is 1. The maximum Gasteiger partial charge on any atom is 0.332 e. The normalized spacial score (nSPS) is 15.3. The average Bonchev–Trinajstić information content (AvgIpc) is 3.33. The molecule has 1 aliphatic rings. The Hall–Kier alpha value is -3.67. The molecule has 1 N–H and O–H groups in total. The molecular weight excluding hydrogens is 410 g/mol. The molecule has 3 heterocycles. The molecule has 11 nitrogen and oxygen atoms in total. The topological polar surface area (TPSA) is 124 Å². The number of fused-ring (bicyclic) bond motifs is 1. The predicted octanol–water partition coefficient (Wildman–Crippen LogP) is -0.399. The van der Waals surface area contributed by atoms with Gasteiger partial charge in [0, 0.05) is 14.1 Å². The number of nitrogens with zero attached hydrogens (tertiary/aromatic N) is 6. The largest absolute Gasteiger partial charge is 0.332 e. The lowest BCUT2D eigenvalue weighted by molar-refractivity contribution is -0.121. The maximum atomic E-state index is 12.4. The highest BCUT2D eigenvalue weighted by Crippen LogP contribution is 2.25. The van der Waals surface area contributed by atoms with Crippen LogP contribution in [0.15, 0.2) is 51.3 Å². The quantitative estimate of drug-likeness (QED) is 0.565. The first-order valence-corrected chi connectivity index (χ1v) is 9.85. The number of aromatic nitrogens is 4. The second-order valence-corrected chi connectivity index (χ2v) is 7.48. The molecule has 4 rings (SSSR count). The number of carbonyl (C=O) groups excluding carboxylic acids is 2. The number of para-hydroxylation sites is 1. The third-order valence-electron chi connectivity index (χ3n) is 4.59. The second-order valence-electron chi connectivity index (χ2n) is 6.53. The van der Waals surface area contributed by atoms with Crippen molar-refractivity contribution in [2.45, 2.75) is 6.54 Å². The Morgan fingerprint density at radius 2 is 1.90 bits per heavy atom. The summed E-state index contributed by atoms with van der Waals surface area (Å²) in [7, 11) is 2.86. The van der Waals surface area contributed by atoms with Crippen LogP contribution in [0.2, 0.25) is 0 Å². The smallest absolute Gasteiger partial charge is 0.315 e. The number of hydrogen-bond acceptors (Lipinski definition) is 7. The Bertz CT molecular complexity index is 1310. The van der Waals surface area contributed by atoms with Crippen molar-refractivity contribution in [2.75, 3.05) is 10.7 Å². The van der Waals surface area contributed by atoms with E-state index in [1.807, 2.05) is 6.07 Å². The van der Waals surface area contributed by atoms with Crippen molar-refractivity contribution in [1.82, 2.24) is 24.1 Å². The summed E-state index contributed by atoms with van der Waals surface area (Å²) in [6.45, 7) is -0.231. The molecule has 0 spiro atoms. The lowest BCUT2D eigenvalue weighted by Crippen LogP contribution is -2.38. The van der Waals surface area contributed by atoms with Gasteiger partial charge in [0.25, 0.3) is 11.5 Å². The molecule has 0 saturated carbocycles. The molecule has 154 valence electrons. The van der Waals surface area contributed by atoms with Gasteiger partial charge in [-0.05, 0) is 12.1 Å². The minimum atomic E-state index is -0.545. The van der Waals surface area contributed by atoms with Crippen LogP contribution < -0.4 is 21.6 Å². The number of rotatable bonds is 4. The Kier molecular flexibility index (Phi) is 4.99. The summed E-state index contributed by atoms with van der Waals surface area (Å²) in [5.41, 5.74) is 2.35. The Labute approximate surface area is 173 Å². The van der Waals surface area contributed by atoms with Crippen molar-refractivity contribution in [3.8, 4) is 0 Å². The monoisotopic (exact) mass is 427 g/mol. The third kappa shape index (κ3) is 3.30. The fourth-order valence-electron chi connectivity index (χ4n) is 3.09. The number of amides is 2. The molecule has 2 aromatic heterocycles. The predicted molar refractivity (Wildman–Crippen MR) is 112 cm³/mol. The van der Waals surface area contributed by atoms with Gasteiger partial charge in [-0.1, -0.05) is 30.0 Å². The highest BCUT2D eigenvalue weighted by atomic mass is 32.2. The Morgan fingerprint density at radius 1 is 1.17 bits per heavy atom. The van der Waals surface area contributed by atoms with Crippen molar-refractivity contribution in [3.05, 3.63) is 57.5 Å². The summed E-state index contributed by atoms with van der Waals surface area (Å²) < 4.78 is 3.55. The van der Waals surface area contributed by atoms with Gasteiger partial charge in [0.1, 0.15) is 6.54 Å². The van der Waals surface area contributed by atoms with Crippen molar-refractivity contribution in [3.63, 3.8) is 0 Å². The standard InChI is InChI=1S/C18H17N7O4S/c1-22-15-14(16(28)23(2)18(22)29)24(10-19-15)8-12(26)20-21-17-25(13(27)9-30-17)11-6-4-3-5-7-11/h3-7,10H,8-9H2,1-2H3,(H,20,26)/b21-17-. The summed E-state index contributed by atoms with van der Waals surface area (Å²) in [5.74, 6) is -0.422. The van der Waals surface area contributed by atoms with E-state index in [9.17, 15) is 19.2 Å². The summed E-state index contributed by atoms with van der Waals surface area (Å²) in [4.78, 5) is 54.6. The van der Waals surface area contributed by atoms with Crippen LogP contribution in [0, 0.1) is 0 Å². The lowest BCUT2D eigenvalue weighted by atomic mass is 10.3. The van der Waals surface area contributed by atoms with Gasteiger partial charge in [-0.15, -0.1) is 5.10 Å². The summed E-state index contributed by atoms with van der Waals surface area (Å²) in [5, 5.41) is 4.43. The van der Waals surface area contributed by atoms with Gasteiger partial charge < -0.3 is 4.57 Å². The minimum absolute atomic E-state index is 0.135. The van der Waals surface area contributed by atoms with Crippen LogP contribution >= 0.6 is 11.8 Å². The van der Waals surface area contributed by atoms with Crippen LogP contribution in [0.3, 0.4) is 0 Å². The van der Waals surface area contributed by atoms with Gasteiger partial charge in [0.15, 0.2) is 16.3 Å². The number of aryl methyl sites for hydroxylation is 1.